The topological polar surface area (TPSA) is 75.7 Å². The summed E-state index contributed by atoms with van der Waals surface area (Å²) in [5.41, 5.74) is -0.769. The molecule has 0 atom stereocenters. The summed E-state index contributed by atoms with van der Waals surface area (Å²) >= 11 is 3.31. The summed E-state index contributed by atoms with van der Waals surface area (Å²) in [6, 6.07) is 4.29. The maximum Gasteiger partial charge on any atom is 0.335 e. The first-order valence-electron chi connectivity index (χ1n) is 6.53. The van der Waals surface area contributed by atoms with Gasteiger partial charge in [-0.05, 0) is 31.0 Å². The second-order valence-electron chi connectivity index (χ2n) is 5.15. The van der Waals surface area contributed by atoms with Gasteiger partial charge in [-0.3, -0.25) is 14.9 Å². The zero-order valence-electron chi connectivity index (χ0n) is 11.3. The minimum absolute atomic E-state index is 0.327. The predicted molar refractivity (Wildman–Crippen MR) is 78.0 cm³/mol. The van der Waals surface area contributed by atoms with E-state index in [0.29, 0.717) is 28.8 Å². The van der Waals surface area contributed by atoms with Crippen LogP contribution in [-0.4, -0.2) is 25.0 Å². The average molecular weight is 353 g/mol. The summed E-state index contributed by atoms with van der Waals surface area (Å²) in [6.07, 6.45) is 1.74. The number of benzene rings is 1. The van der Waals surface area contributed by atoms with Crippen LogP contribution in [0.5, 0.6) is 5.75 Å². The SMILES string of the molecule is COc1ccc(Br)cc1N1C(=O)NC(=O)C2(CCC2)C1=O. The molecule has 0 aromatic heterocycles. The zero-order chi connectivity index (χ0) is 15.2. The summed E-state index contributed by atoms with van der Waals surface area (Å²) in [5, 5.41) is 2.28. The number of carbonyl (C=O) groups is 3. The standard InChI is InChI=1S/C14H13BrN2O4/c1-21-10-4-3-8(15)7-9(10)17-12(19)14(5-2-6-14)11(18)16-13(17)20/h3-4,7H,2,5-6H2,1H3,(H,16,18,20). The minimum atomic E-state index is -1.10. The maximum atomic E-state index is 12.7. The van der Waals surface area contributed by atoms with E-state index in [0.717, 1.165) is 11.3 Å². The van der Waals surface area contributed by atoms with Gasteiger partial charge in [0.1, 0.15) is 11.2 Å². The van der Waals surface area contributed by atoms with E-state index >= 15 is 0 Å². The quantitative estimate of drug-likeness (QED) is 0.828. The van der Waals surface area contributed by atoms with Crippen LogP contribution in [0.4, 0.5) is 10.5 Å². The Morgan fingerprint density at radius 2 is 2.00 bits per heavy atom. The van der Waals surface area contributed by atoms with E-state index < -0.39 is 23.3 Å². The molecule has 0 radical (unpaired) electrons. The molecule has 4 amide bonds. The number of methoxy groups -OCH3 is 1. The first kappa shape index (κ1) is 14.1. The van der Waals surface area contributed by atoms with Crippen LogP contribution in [-0.2, 0) is 9.59 Å². The highest BCUT2D eigenvalue weighted by Gasteiger charge is 2.58. The molecule has 0 bridgehead atoms. The number of anilines is 1. The van der Waals surface area contributed by atoms with Crippen molar-refractivity contribution in [3.05, 3.63) is 22.7 Å². The van der Waals surface area contributed by atoms with Crippen LogP contribution in [0.15, 0.2) is 22.7 Å². The van der Waals surface area contributed by atoms with Crippen molar-refractivity contribution in [1.29, 1.82) is 0 Å². The molecule has 21 heavy (non-hydrogen) atoms. The van der Waals surface area contributed by atoms with Crippen LogP contribution in [0.1, 0.15) is 19.3 Å². The van der Waals surface area contributed by atoms with E-state index in [1.165, 1.54) is 7.11 Å². The number of urea groups is 1. The number of nitrogens with zero attached hydrogens (tertiary/aromatic N) is 1. The molecular formula is C14H13BrN2O4. The third-order valence-electron chi connectivity index (χ3n) is 4.06. The first-order chi connectivity index (χ1) is 9.99. The van der Waals surface area contributed by atoms with Gasteiger partial charge in [0.2, 0.25) is 5.91 Å². The fourth-order valence-electron chi connectivity index (χ4n) is 2.70. The Labute approximate surface area is 129 Å². The number of nitrogens with one attached hydrogen (secondary N) is 1. The number of rotatable bonds is 2. The number of ether oxygens (including phenoxy) is 1. The Morgan fingerprint density at radius 1 is 1.29 bits per heavy atom. The average Bonchev–Trinajstić information content (AvgIpc) is 2.37. The molecule has 1 heterocycles. The van der Waals surface area contributed by atoms with E-state index in [9.17, 15) is 14.4 Å². The molecule has 1 aliphatic heterocycles. The van der Waals surface area contributed by atoms with E-state index in [1.807, 2.05) is 0 Å². The fraction of sp³-hybridized carbons (Fsp3) is 0.357. The predicted octanol–water partition coefficient (Wildman–Crippen LogP) is 2.21. The molecule has 0 unspecified atom stereocenters. The number of carbonyl (C=O) groups excluding carboxylic acids is 3. The molecule has 7 heteroatoms. The maximum absolute atomic E-state index is 12.7. The molecule has 6 nitrogen and oxygen atoms in total. The Hall–Kier alpha value is -1.89. The number of imide groups is 2. The van der Waals surface area contributed by atoms with Gasteiger partial charge >= 0.3 is 6.03 Å². The fourth-order valence-corrected chi connectivity index (χ4v) is 3.05. The molecule has 1 saturated heterocycles. The van der Waals surface area contributed by atoms with Crippen LogP contribution in [0.3, 0.4) is 0 Å². The summed E-state index contributed by atoms with van der Waals surface area (Å²) in [7, 11) is 1.46. The van der Waals surface area contributed by atoms with E-state index in [1.54, 1.807) is 18.2 Å². The van der Waals surface area contributed by atoms with Gasteiger partial charge in [-0.15, -0.1) is 0 Å². The van der Waals surface area contributed by atoms with Crippen molar-refractivity contribution >= 4 is 39.5 Å². The van der Waals surface area contributed by atoms with Crippen molar-refractivity contribution in [2.45, 2.75) is 19.3 Å². The zero-order valence-corrected chi connectivity index (χ0v) is 12.9. The molecule has 1 aliphatic carbocycles. The van der Waals surface area contributed by atoms with Gasteiger partial charge in [0.05, 0.1) is 12.8 Å². The third kappa shape index (κ3) is 1.95. The van der Waals surface area contributed by atoms with Gasteiger partial charge in [0.15, 0.2) is 0 Å². The molecule has 110 valence electrons. The Kier molecular flexibility index (Phi) is 3.24. The first-order valence-corrected chi connectivity index (χ1v) is 7.32. The molecule has 1 saturated carbocycles. The number of hydrogen-bond donors (Lipinski definition) is 1. The Balaban J connectivity index is 2.08. The second-order valence-corrected chi connectivity index (χ2v) is 6.07. The van der Waals surface area contributed by atoms with E-state index in [4.69, 9.17) is 4.74 Å². The number of barbiturate groups is 1. The Bertz CT molecular complexity index is 654. The smallest absolute Gasteiger partial charge is 0.335 e. The monoisotopic (exact) mass is 352 g/mol. The molecule has 1 aromatic carbocycles. The number of amides is 4. The van der Waals surface area contributed by atoms with Gasteiger partial charge in [0.25, 0.3) is 5.91 Å². The highest BCUT2D eigenvalue weighted by atomic mass is 79.9. The normalized spacial score (nSPS) is 20.3. The summed E-state index contributed by atoms with van der Waals surface area (Å²) < 4.78 is 5.92. The lowest BCUT2D eigenvalue weighted by Gasteiger charge is -2.44. The van der Waals surface area contributed by atoms with Crippen molar-refractivity contribution in [3.8, 4) is 5.75 Å². The lowest BCUT2D eigenvalue weighted by molar-refractivity contribution is -0.148. The largest absolute Gasteiger partial charge is 0.495 e. The number of hydrogen-bond acceptors (Lipinski definition) is 4. The summed E-state index contributed by atoms with van der Waals surface area (Å²) in [5.74, 6) is -0.571. The molecule has 2 fully saturated rings. The van der Waals surface area contributed by atoms with Crippen LogP contribution in [0, 0.1) is 5.41 Å². The second kappa shape index (κ2) is 4.84. The van der Waals surface area contributed by atoms with E-state index in [2.05, 4.69) is 21.2 Å². The molecule has 1 N–H and O–H groups in total. The van der Waals surface area contributed by atoms with Crippen molar-refractivity contribution in [1.82, 2.24) is 5.32 Å². The van der Waals surface area contributed by atoms with Gasteiger partial charge in [-0.25, -0.2) is 9.69 Å². The molecule has 2 aliphatic rings. The number of halogens is 1. The Morgan fingerprint density at radius 3 is 2.57 bits per heavy atom. The van der Waals surface area contributed by atoms with Gasteiger partial charge in [-0.2, -0.15) is 0 Å². The summed E-state index contributed by atoms with van der Waals surface area (Å²) in [6.45, 7) is 0. The van der Waals surface area contributed by atoms with Crippen LogP contribution >= 0.6 is 15.9 Å². The third-order valence-corrected chi connectivity index (χ3v) is 4.55. The van der Waals surface area contributed by atoms with Crippen molar-refractivity contribution in [2.75, 3.05) is 12.0 Å². The van der Waals surface area contributed by atoms with Gasteiger partial charge < -0.3 is 4.74 Å². The highest BCUT2D eigenvalue weighted by Crippen LogP contribution is 2.46. The van der Waals surface area contributed by atoms with Crippen LogP contribution in [0.2, 0.25) is 0 Å². The summed E-state index contributed by atoms with van der Waals surface area (Å²) in [4.78, 5) is 37.8. The van der Waals surface area contributed by atoms with Crippen molar-refractivity contribution in [3.63, 3.8) is 0 Å². The highest BCUT2D eigenvalue weighted by molar-refractivity contribution is 9.10. The molecule has 3 rings (SSSR count). The van der Waals surface area contributed by atoms with Crippen molar-refractivity contribution in [2.24, 2.45) is 5.41 Å². The lowest BCUT2D eigenvalue weighted by Crippen LogP contribution is -2.66. The van der Waals surface area contributed by atoms with Crippen LogP contribution < -0.4 is 15.0 Å². The van der Waals surface area contributed by atoms with E-state index in [-0.39, 0.29) is 0 Å². The molecule has 1 spiro atoms. The van der Waals surface area contributed by atoms with Crippen LogP contribution in [0.25, 0.3) is 0 Å². The van der Waals surface area contributed by atoms with Crippen molar-refractivity contribution < 1.29 is 19.1 Å². The molecule has 1 aromatic rings. The van der Waals surface area contributed by atoms with Gasteiger partial charge in [0, 0.05) is 4.47 Å². The lowest BCUT2D eigenvalue weighted by atomic mass is 9.66. The van der Waals surface area contributed by atoms with Gasteiger partial charge in [-0.1, -0.05) is 22.4 Å². The minimum Gasteiger partial charge on any atom is -0.495 e. The molecular weight excluding hydrogens is 340 g/mol.